The highest BCUT2D eigenvalue weighted by Crippen LogP contribution is 2.46. The van der Waals surface area contributed by atoms with Crippen LogP contribution < -0.4 is 0 Å². The van der Waals surface area contributed by atoms with Crippen LogP contribution in [0.4, 0.5) is 0 Å². The van der Waals surface area contributed by atoms with Crippen molar-refractivity contribution in [3.63, 3.8) is 0 Å². The van der Waals surface area contributed by atoms with Gasteiger partial charge in [-0.1, -0.05) is 60.7 Å². The first-order valence-electron chi connectivity index (χ1n) is 11.8. The smallest absolute Gasteiger partial charge is 0.336 e. The Morgan fingerprint density at radius 1 is 0.487 bits per heavy atom. The molecule has 2 aromatic heterocycles. The zero-order valence-electron chi connectivity index (χ0n) is 20.3. The van der Waals surface area contributed by atoms with Gasteiger partial charge < -0.3 is 15.3 Å². The van der Waals surface area contributed by atoms with E-state index in [0.717, 1.165) is 0 Å². The van der Waals surface area contributed by atoms with Crippen LogP contribution in [0.2, 0.25) is 0 Å². The molecule has 8 heteroatoms. The molecule has 5 rings (SSSR count). The number of aromatic carboxylic acids is 3. The van der Waals surface area contributed by atoms with Crippen LogP contribution in [0.25, 0.3) is 44.8 Å². The van der Waals surface area contributed by atoms with Crippen molar-refractivity contribution in [1.29, 1.82) is 0 Å². The van der Waals surface area contributed by atoms with Crippen LogP contribution in [0.15, 0.2) is 103 Å². The minimum Gasteiger partial charge on any atom is -0.478 e. The molecule has 0 aliphatic heterocycles. The first kappa shape index (κ1) is 25.0. The molecule has 3 N–H and O–H groups in total. The maximum Gasteiger partial charge on any atom is 0.336 e. The number of benzene rings is 3. The van der Waals surface area contributed by atoms with E-state index in [0.29, 0.717) is 33.6 Å². The third-order valence-electron chi connectivity index (χ3n) is 6.29. The lowest BCUT2D eigenvalue weighted by Gasteiger charge is -2.22. The average molecular weight is 517 g/mol. The van der Waals surface area contributed by atoms with E-state index in [4.69, 9.17) is 0 Å². The van der Waals surface area contributed by atoms with Gasteiger partial charge in [-0.25, -0.2) is 14.4 Å². The summed E-state index contributed by atoms with van der Waals surface area (Å²) in [6.45, 7) is 0. The Labute approximate surface area is 222 Å². The Morgan fingerprint density at radius 3 is 1.46 bits per heavy atom. The summed E-state index contributed by atoms with van der Waals surface area (Å²) in [5.41, 5.74) is 2.48. The third-order valence-corrected chi connectivity index (χ3v) is 6.29. The van der Waals surface area contributed by atoms with Gasteiger partial charge in [-0.15, -0.1) is 0 Å². The number of aromatic nitrogens is 2. The van der Waals surface area contributed by atoms with Gasteiger partial charge in [0.2, 0.25) is 0 Å². The maximum absolute atomic E-state index is 12.4. The lowest BCUT2D eigenvalue weighted by molar-refractivity contribution is 0.0686. The topological polar surface area (TPSA) is 138 Å². The normalized spacial score (nSPS) is 10.7. The van der Waals surface area contributed by atoms with E-state index in [1.165, 1.54) is 24.4 Å². The van der Waals surface area contributed by atoms with E-state index in [-0.39, 0.29) is 27.8 Å². The number of pyridine rings is 2. The monoisotopic (exact) mass is 516 g/mol. The van der Waals surface area contributed by atoms with Gasteiger partial charge in [0.25, 0.3) is 0 Å². The minimum atomic E-state index is -1.20. The second kappa shape index (κ2) is 10.4. The summed E-state index contributed by atoms with van der Waals surface area (Å²) in [6, 6.07) is 24.2. The summed E-state index contributed by atoms with van der Waals surface area (Å²) in [5.74, 6) is -3.56. The van der Waals surface area contributed by atoms with Crippen LogP contribution in [-0.4, -0.2) is 43.2 Å². The van der Waals surface area contributed by atoms with Gasteiger partial charge in [-0.3, -0.25) is 9.97 Å². The summed E-state index contributed by atoms with van der Waals surface area (Å²) in [4.78, 5) is 46.0. The number of rotatable bonds is 7. The number of carboxylic acids is 3. The largest absolute Gasteiger partial charge is 0.478 e. The Balaban J connectivity index is 2.04. The Bertz CT molecular complexity index is 1750. The molecule has 0 radical (unpaired) electrons. The number of hydrogen-bond acceptors (Lipinski definition) is 5. The molecule has 39 heavy (non-hydrogen) atoms. The summed E-state index contributed by atoms with van der Waals surface area (Å²) in [5, 5.41) is 30.2. The quantitative estimate of drug-likeness (QED) is 0.231. The highest BCUT2D eigenvalue weighted by Gasteiger charge is 2.27. The van der Waals surface area contributed by atoms with E-state index in [1.807, 2.05) is 0 Å². The Morgan fingerprint density at radius 2 is 0.949 bits per heavy atom. The van der Waals surface area contributed by atoms with Gasteiger partial charge in [0, 0.05) is 29.1 Å². The van der Waals surface area contributed by atoms with Crippen LogP contribution in [0, 0.1) is 0 Å². The predicted molar refractivity (Wildman–Crippen MR) is 145 cm³/mol. The van der Waals surface area contributed by atoms with Gasteiger partial charge in [0.05, 0.1) is 28.1 Å². The molecule has 2 heterocycles. The molecule has 0 atom stereocenters. The SMILES string of the molecule is O=C(O)c1ccccc1-c1cnc(-c2ccccn2)c(-c2ccccc2C(=O)O)c1-c1ccccc1C(=O)O. The predicted octanol–water partition coefficient (Wildman–Crippen LogP) is 6.24. The molecule has 0 bridgehead atoms. The molecule has 8 nitrogen and oxygen atoms in total. The molecular formula is C31H20N2O6. The van der Waals surface area contributed by atoms with E-state index in [1.54, 1.807) is 79.0 Å². The molecule has 0 saturated carbocycles. The fourth-order valence-corrected chi connectivity index (χ4v) is 4.63. The van der Waals surface area contributed by atoms with Crippen molar-refractivity contribution in [2.24, 2.45) is 0 Å². The van der Waals surface area contributed by atoms with E-state index < -0.39 is 17.9 Å². The van der Waals surface area contributed by atoms with Gasteiger partial charge in [0.1, 0.15) is 0 Å². The molecular weight excluding hydrogens is 496 g/mol. The Hall–Kier alpha value is -5.63. The van der Waals surface area contributed by atoms with Crippen molar-refractivity contribution in [3.8, 4) is 44.8 Å². The molecule has 0 unspecified atom stereocenters. The van der Waals surface area contributed by atoms with Gasteiger partial charge in [-0.2, -0.15) is 0 Å². The van der Waals surface area contributed by atoms with Gasteiger partial charge in [-0.05, 0) is 47.0 Å². The number of hydrogen-bond donors (Lipinski definition) is 3. The molecule has 5 aromatic rings. The van der Waals surface area contributed by atoms with Crippen molar-refractivity contribution >= 4 is 17.9 Å². The summed E-state index contributed by atoms with van der Waals surface area (Å²) in [7, 11) is 0. The molecule has 0 amide bonds. The molecule has 0 fully saturated rings. The lowest BCUT2D eigenvalue weighted by atomic mass is 9.83. The van der Waals surface area contributed by atoms with Crippen LogP contribution in [-0.2, 0) is 0 Å². The summed E-state index contributed by atoms with van der Waals surface area (Å²) < 4.78 is 0. The molecule has 0 spiro atoms. The molecule has 3 aromatic carbocycles. The Kier molecular flexibility index (Phi) is 6.67. The van der Waals surface area contributed by atoms with E-state index in [2.05, 4.69) is 9.97 Å². The van der Waals surface area contributed by atoms with Crippen molar-refractivity contribution < 1.29 is 29.7 Å². The second-order valence-corrected chi connectivity index (χ2v) is 8.54. The van der Waals surface area contributed by atoms with Crippen LogP contribution in [0.5, 0.6) is 0 Å². The van der Waals surface area contributed by atoms with Crippen molar-refractivity contribution in [2.45, 2.75) is 0 Å². The molecule has 0 aliphatic carbocycles. The number of carboxylic acid groups (broad SMARTS) is 3. The van der Waals surface area contributed by atoms with Crippen LogP contribution >= 0.6 is 0 Å². The first-order chi connectivity index (χ1) is 18.9. The van der Waals surface area contributed by atoms with Gasteiger partial charge in [0.15, 0.2) is 0 Å². The second-order valence-electron chi connectivity index (χ2n) is 8.54. The van der Waals surface area contributed by atoms with Crippen molar-refractivity contribution in [1.82, 2.24) is 9.97 Å². The number of carbonyl (C=O) groups is 3. The standard InChI is InChI=1S/C31H20N2O6/c34-29(35)21-12-4-1-9-18(21)24-17-33-28(25-15-7-8-16-32-25)27(20-11-3-6-14-23(20)31(38)39)26(24)19-10-2-5-13-22(19)30(36)37/h1-17H,(H,34,35)(H,36,37)(H,38,39). The van der Waals surface area contributed by atoms with Crippen molar-refractivity contribution in [2.75, 3.05) is 0 Å². The fraction of sp³-hybridized carbons (Fsp3) is 0. The number of nitrogens with zero attached hydrogens (tertiary/aromatic N) is 2. The van der Waals surface area contributed by atoms with Crippen LogP contribution in [0.3, 0.4) is 0 Å². The third kappa shape index (κ3) is 4.62. The zero-order chi connectivity index (χ0) is 27.5. The maximum atomic E-state index is 12.4. The fourth-order valence-electron chi connectivity index (χ4n) is 4.63. The van der Waals surface area contributed by atoms with Crippen molar-refractivity contribution in [3.05, 3.63) is 120 Å². The molecule has 190 valence electrons. The average Bonchev–Trinajstić information content (AvgIpc) is 2.96. The summed E-state index contributed by atoms with van der Waals surface area (Å²) >= 11 is 0. The molecule has 0 saturated heterocycles. The minimum absolute atomic E-state index is 0.0172. The highest BCUT2D eigenvalue weighted by atomic mass is 16.4. The zero-order valence-corrected chi connectivity index (χ0v) is 20.3. The van der Waals surface area contributed by atoms with Gasteiger partial charge >= 0.3 is 17.9 Å². The lowest BCUT2D eigenvalue weighted by Crippen LogP contribution is -2.07. The highest BCUT2D eigenvalue weighted by molar-refractivity contribution is 6.10. The van der Waals surface area contributed by atoms with E-state index in [9.17, 15) is 29.7 Å². The molecule has 0 aliphatic rings. The first-order valence-corrected chi connectivity index (χ1v) is 11.8. The van der Waals surface area contributed by atoms with Crippen LogP contribution in [0.1, 0.15) is 31.1 Å². The summed E-state index contributed by atoms with van der Waals surface area (Å²) in [6.07, 6.45) is 3.05. The van der Waals surface area contributed by atoms with E-state index >= 15 is 0 Å².